The van der Waals surface area contributed by atoms with Crippen LogP contribution in [0.5, 0.6) is 0 Å². The molecule has 0 radical (unpaired) electrons. The van der Waals surface area contributed by atoms with Crippen LogP contribution in [0.4, 0.5) is 0 Å². The lowest BCUT2D eigenvalue weighted by atomic mass is 9.76. The lowest BCUT2D eigenvalue weighted by Gasteiger charge is -2.30. The van der Waals surface area contributed by atoms with Crippen LogP contribution in [-0.4, -0.2) is 9.97 Å². The third-order valence-corrected chi connectivity index (χ3v) is 4.82. The number of hydrogen-bond acceptors (Lipinski definition) is 3. The van der Waals surface area contributed by atoms with Gasteiger partial charge in [0.05, 0.1) is 11.3 Å². The molecule has 1 saturated carbocycles. The van der Waals surface area contributed by atoms with Crippen LogP contribution in [0.25, 0.3) is 0 Å². The zero-order valence-corrected chi connectivity index (χ0v) is 11.8. The summed E-state index contributed by atoms with van der Waals surface area (Å²) in [5.74, 6) is 3.00. The molecule has 0 bridgehead atoms. The number of nitrogens with one attached hydrogen (secondary N) is 2. The molecule has 4 nitrogen and oxygen atoms in total. The maximum atomic E-state index is 12.0. The highest BCUT2D eigenvalue weighted by Crippen LogP contribution is 2.37. The Bertz CT molecular complexity index is 513. The van der Waals surface area contributed by atoms with Crippen LogP contribution in [0, 0.1) is 11.8 Å². The Kier molecular flexibility index (Phi) is 3.44. The second kappa shape index (κ2) is 5.08. The highest BCUT2D eigenvalue weighted by molar-refractivity contribution is 5.22. The lowest BCUT2D eigenvalue weighted by Crippen LogP contribution is -2.23. The van der Waals surface area contributed by atoms with Gasteiger partial charge in [0, 0.05) is 19.0 Å². The van der Waals surface area contributed by atoms with Gasteiger partial charge in [0.2, 0.25) is 0 Å². The third-order valence-electron chi connectivity index (χ3n) is 4.82. The molecule has 2 heterocycles. The minimum Gasteiger partial charge on any atom is -0.310 e. The SMILES string of the molecule is CC(C)C1CCC(c2nc3c(c(=O)[nH]2)CNC3)CC1. The van der Waals surface area contributed by atoms with Crippen molar-refractivity contribution < 1.29 is 0 Å². The molecule has 104 valence electrons. The average molecular weight is 261 g/mol. The highest BCUT2D eigenvalue weighted by atomic mass is 16.1. The fourth-order valence-corrected chi connectivity index (χ4v) is 3.45. The molecular weight excluding hydrogens is 238 g/mol. The van der Waals surface area contributed by atoms with Gasteiger partial charge in [0.15, 0.2) is 0 Å². The fraction of sp³-hybridized carbons (Fsp3) is 0.733. The Morgan fingerprint density at radius 2 is 1.89 bits per heavy atom. The Morgan fingerprint density at radius 3 is 2.58 bits per heavy atom. The van der Waals surface area contributed by atoms with Crippen LogP contribution in [0.1, 0.15) is 62.5 Å². The first-order valence-corrected chi connectivity index (χ1v) is 7.48. The van der Waals surface area contributed by atoms with Crippen molar-refractivity contribution in [3.05, 3.63) is 27.4 Å². The topological polar surface area (TPSA) is 57.8 Å². The van der Waals surface area contributed by atoms with Crippen molar-refractivity contribution >= 4 is 0 Å². The van der Waals surface area contributed by atoms with Crippen LogP contribution in [-0.2, 0) is 13.1 Å². The summed E-state index contributed by atoms with van der Waals surface area (Å²) in [5, 5.41) is 3.20. The van der Waals surface area contributed by atoms with Crippen LogP contribution < -0.4 is 10.9 Å². The number of H-pyrrole nitrogens is 1. The van der Waals surface area contributed by atoms with Gasteiger partial charge in [-0.05, 0) is 37.5 Å². The van der Waals surface area contributed by atoms with Crippen molar-refractivity contribution in [2.24, 2.45) is 11.8 Å². The molecule has 0 saturated heterocycles. The van der Waals surface area contributed by atoms with E-state index in [0.717, 1.165) is 48.3 Å². The fourth-order valence-electron chi connectivity index (χ4n) is 3.45. The molecule has 2 N–H and O–H groups in total. The zero-order valence-electron chi connectivity index (χ0n) is 11.8. The second-order valence-electron chi connectivity index (χ2n) is 6.34. The molecule has 1 aromatic heterocycles. The molecule has 1 aliphatic carbocycles. The van der Waals surface area contributed by atoms with E-state index in [1.807, 2.05) is 0 Å². The first kappa shape index (κ1) is 12.9. The molecule has 1 fully saturated rings. The van der Waals surface area contributed by atoms with Gasteiger partial charge in [0.1, 0.15) is 5.82 Å². The Balaban J connectivity index is 1.77. The van der Waals surface area contributed by atoms with E-state index in [2.05, 4.69) is 29.1 Å². The van der Waals surface area contributed by atoms with E-state index < -0.39 is 0 Å². The van der Waals surface area contributed by atoms with E-state index >= 15 is 0 Å². The minimum absolute atomic E-state index is 0.0657. The van der Waals surface area contributed by atoms with Gasteiger partial charge >= 0.3 is 0 Å². The summed E-state index contributed by atoms with van der Waals surface area (Å²) in [6.45, 7) is 6.03. The summed E-state index contributed by atoms with van der Waals surface area (Å²) < 4.78 is 0. The van der Waals surface area contributed by atoms with E-state index in [-0.39, 0.29) is 5.56 Å². The number of aromatic nitrogens is 2. The minimum atomic E-state index is 0.0657. The molecular formula is C15H23N3O. The number of rotatable bonds is 2. The van der Waals surface area contributed by atoms with Gasteiger partial charge in [-0.2, -0.15) is 0 Å². The van der Waals surface area contributed by atoms with Crippen LogP contribution >= 0.6 is 0 Å². The molecule has 4 heteroatoms. The normalized spacial score (nSPS) is 26.7. The third kappa shape index (κ3) is 2.46. The van der Waals surface area contributed by atoms with Crippen molar-refractivity contribution in [3.63, 3.8) is 0 Å². The van der Waals surface area contributed by atoms with Crippen LogP contribution in [0.3, 0.4) is 0 Å². The number of aromatic amines is 1. The molecule has 19 heavy (non-hydrogen) atoms. The van der Waals surface area contributed by atoms with Gasteiger partial charge in [-0.1, -0.05) is 13.8 Å². The predicted octanol–water partition coefficient (Wildman–Crippen LogP) is 2.30. The number of fused-ring (bicyclic) bond motifs is 1. The summed E-state index contributed by atoms with van der Waals surface area (Å²) in [6.07, 6.45) is 4.86. The summed E-state index contributed by atoms with van der Waals surface area (Å²) in [5.41, 5.74) is 1.86. The maximum Gasteiger partial charge on any atom is 0.255 e. The quantitative estimate of drug-likeness (QED) is 0.859. The van der Waals surface area contributed by atoms with Gasteiger partial charge < -0.3 is 10.3 Å². The van der Waals surface area contributed by atoms with Crippen LogP contribution in [0.2, 0.25) is 0 Å². The smallest absolute Gasteiger partial charge is 0.255 e. The highest BCUT2D eigenvalue weighted by Gasteiger charge is 2.27. The van der Waals surface area contributed by atoms with E-state index in [1.165, 1.54) is 12.8 Å². The largest absolute Gasteiger partial charge is 0.310 e. The summed E-state index contributed by atoms with van der Waals surface area (Å²) >= 11 is 0. The van der Waals surface area contributed by atoms with E-state index in [4.69, 9.17) is 0 Å². The molecule has 0 atom stereocenters. The van der Waals surface area contributed by atoms with E-state index in [9.17, 15) is 4.79 Å². The van der Waals surface area contributed by atoms with Crippen LogP contribution in [0.15, 0.2) is 4.79 Å². The van der Waals surface area contributed by atoms with Gasteiger partial charge in [-0.25, -0.2) is 4.98 Å². The van der Waals surface area contributed by atoms with Crippen molar-refractivity contribution in [1.29, 1.82) is 0 Å². The summed E-state index contributed by atoms with van der Waals surface area (Å²) in [7, 11) is 0. The molecule has 0 amide bonds. The molecule has 1 aromatic rings. The Hall–Kier alpha value is -1.16. The van der Waals surface area contributed by atoms with Crippen molar-refractivity contribution in [1.82, 2.24) is 15.3 Å². The van der Waals surface area contributed by atoms with Crippen molar-refractivity contribution in [2.75, 3.05) is 0 Å². The molecule has 2 aliphatic rings. The first-order chi connectivity index (χ1) is 9.15. The van der Waals surface area contributed by atoms with Gasteiger partial charge in [-0.15, -0.1) is 0 Å². The Morgan fingerprint density at radius 1 is 1.16 bits per heavy atom. The van der Waals surface area contributed by atoms with Crippen molar-refractivity contribution in [2.45, 2.75) is 58.5 Å². The predicted molar refractivity (Wildman–Crippen MR) is 74.9 cm³/mol. The molecule has 1 aliphatic heterocycles. The maximum absolute atomic E-state index is 12.0. The van der Waals surface area contributed by atoms with Gasteiger partial charge in [0.25, 0.3) is 5.56 Å². The average Bonchev–Trinajstić information content (AvgIpc) is 2.87. The monoisotopic (exact) mass is 261 g/mol. The Labute approximate surface area is 114 Å². The van der Waals surface area contributed by atoms with Gasteiger partial charge in [-0.3, -0.25) is 4.79 Å². The number of hydrogen-bond donors (Lipinski definition) is 2. The molecule has 3 rings (SSSR count). The molecule has 0 unspecified atom stereocenters. The second-order valence-corrected chi connectivity index (χ2v) is 6.34. The standard InChI is InChI=1S/C15H23N3O/c1-9(2)10-3-5-11(6-4-10)14-17-13-8-16-7-12(13)15(19)18-14/h9-11,16H,3-8H2,1-2H3,(H,17,18,19). The first-order valence-electron chi connectivity index (χ1n) is 7.48. The van der Waals surface area contributed by atoms with Crippen molar-refractivity contribution in [3.8, 4) is 0 Å². The molecule has 0 spiro atoms. The van der Waals surface area contributed by atoms with E-state index in [1.54, 1.807) is 0 Å². The summed E-state index contributed by atoms with van der Waals surface area (Å²) in [4.78, 5) is 19.7. The zero-order chi connectivity index (χ0) is 13.4. The lowest BCUT2D eigenvalue weighted by molar-refractivity contribution is 0.254. The number of nitrogens with zero attached hydrogens (tertiary/aromatic N) is 1. The summed E-state index contributed by atoms with van der Waals surface area (Å²) in [6, 6.07) is 0. The van der Waals surface area contributed by atoms with E-state index in [0.29, 0.717) is 12.5 Å². The molecule has 0 aromatic carbocycles.